The summed E-state index contributed by atoms with van der Waals surface area (Å²) in [6.45, 7) is 3.67. The van der Waals surface area contributed by atoms with E-state index in [1.807, 2.05) is 42.2 Å². The zero-order valence-corrected chi connectivity index (χ0v) is 17.1. The van der Waals surface area contributed by atoms with Crippen LogP contribution in [0.25, 0.3) is 0 Å². The van der Waals surface area contributed by atoms with Crippen LogP contribution in [-0.4, -0.2) is 65.4 Å². The van der Waals surface area contributed by atoms with Crippen molar-refractivity contribution in [3.8, 4) is 0 Å². The summed E-state index contributed by atoms with van der Waals surface area (Å²) in [6, 6.07) is 10.2. The SMILES string of the molecule is CCCC(=O)N1CCC2(CC1)C(=O)N(CC(=O)NC1CC1)CN2c1ccccc1. The van der Waals surface area contributed by atoms with Crippen LogP contribution in [0, 0.1) is 0 Å². The van der Waals surface area contributed by atoms with Crippen LogP contribution in [0.4, 0.5) is 5.69 Å². The minimum atomic E-state index is -0.676. The fraction of sp³-hybridized carbons (Fsp3) is 0.591. The van der Waals surface area contributed by atoms with Crippen LogP contribution in [0.3, 0.4) is 0 Å². The van der Waals surface area contributed by atoms with Crippen molar-refractivity contribution in [2.45, 2.75) is 57.0 Å². The van der Waals surface area contributed by atoms with E-state index in [4.69, 9.17) is 0 Å². The summed E-state index contributed by atoms with van der Waals surface area (Å²) in [6.07, 6.45) is 4.63. The van der Waals surface area contributed by atoms with Gasteiger partial charge < -0.3 is 20.0 Å². The fourth-order valence-corrected chi connectivity index (χ4v) is 4.49. The highest BCUT2D eigenvalue weighted by molar-refractivity contribution is 5.96. The molecule has 3 fully saturated rings. The molecule has 1 aromatic rings. The Kier molecular flexibility index (Phi) is 5.48. The van der Waals surface area contributed by atoms with Gasteiger partial charge >= 0.3 is 0 Å². The highest BCUT2D eigenvalue weighted by atomic mass is 16.2. The number of anilines is 1. The Labute approximate surface area is 172 Å². The Morgan fingerprint density at radius 1 is 1.14 bits per heavy atom. The van der Waals surface area contributed by atoms with Crippen LogP contribution in [-0.2, 0) is 14.4 Å². The maximum absolute atomic E-state index is 13.5. The zero-order chi connectivity index (χ0) is 20.4. The minimum absolute atomic E-state index is 0.00916. The van der Waals surface area contributed by atoms with Gasteiger partial charge in [-0.3, -0.25) is 14.4 Å². The van der Waals surface area contributed by atoms with Crippen LogP contribution in [0.1, 0.15) is 45.4 Å². The van der Waals surface area contributed by atoms with Gasteiger partial charge in [-0.2, -0.15) is 0 Å². The molecule has 1 aliphatic carbocycles. The van der Waals surface area contributed by atoms with Gasteiger partial charge in [0.1, 0.15) is 12.1 Å². The highest BCUT2D eigenvalue weighted by Gasteiger charge is 2.54. The van der Waals surface area contributed by atoms with Crippen molar-refractivity contribution in [1.82, 2.24) is 15.1 Å². The van der Waals surface area contributed by atoms with E-state index in [0.717, 1.165) is 24.9 Å². The largest absolute Gasteiger partial charge is 0.352 e. The predicted octanol–water partition coefficient (Wildman–Crippen LogP) is 1.73. The predicted molar refractivity (Wildman–Crippen MR) is 110 cm³/mol. The third-order valence-electron chi connectivity index (χ3n) is 6.27. The van der Waals surface area contributed by atoms with E-state index in [-0.39, 0.29) is 30.3 Å². The molecule has 7 nitrogen and oxygen atoms in total. The molecule has 29 heavy (non-hydrogen) atoms. The average Bonchev–Trinajstić information content (AvgIpc) is 3.51. The molecule has 0 radical (unpaired) electrons. The summed E-state index contributed by atoms with van der Waals surface area (Å²) in [7, 11) is 0. The summed E-state index contributed by atoms with van der Waals surface area (Å²) in [5.74, 6) is 0.0936. The van der Waals surface area contributed by atoms with E-state index in [1.54, 1.807) is 4.90 Å². The second-order valence-corrected chi connectivity index (χ2v) is 8.41. The Bertz CT molecular complexity index is 770. The first kappa shape index (κ1) is 19.7. The van der Waals surface area contributed by atoms with E-state index in [1.165, 1.54) is 0 Å². The molecule has 1 aromatic carbocycles. The monoisotopic (exact) mass is 398 g/mol. The third-order valence-corrected chi connectivity index (χ3v) is 6.27. The number of nitrogens with zero attached hydrogens (tertiary/aromatic N) is 3. The van der Waals surface area contributed by atoms with Crippen molar-refractivity contribution in [3.63, 3.8) is 0 Å². The van der Waals surface area contributed by atoms with Gasteiger partial charge in [0.15, 0.2) is 0 Å². The topological polar surface area (TPSA) is 73.0 Å². The molecule has 3 amide bonds. The molecule has 0 bridgehead atoms. The third kappa shape index (κ3) is 3.95. The molecule has 2 heterocycles. The van der Waals surface area contributed by atoms with Crippen molar-refractivity contribution in [1.29, 1.82) is 0 Å². The number of hydrogen-bond acceptors (Lipinski definition) is 4. The van der Waals surface area contributed by atoms with Gasteiger partial charge in [-0.15, -0.1) is 0 Å². The lowest BCUT2D eigenvalue weighted by atomic mass is 9.85. The lowest BCUT2D eigenvalue weighted by Crippen LogP contribution is -2.57. The number of para-hydroxylation sites is 1. The van der Waals surface area contributed by atoms with Crippen molar-refractivity contribution in [2.75, 3.05) is 31.2 Å². The first-order valence-corrected chi connectivity index (χ1v) is 10.7. The number of benzene rings is 1. The number of piperidine rings is 1. The van der Waals surface area contributed by atoms with E-state index >= 15 is 0 Å². The van der Waals surface area contributed by atoms with Crippen LogP contribution < -0.4 is 10.2 Å². The lowest BCUT2D eigenvalue weighted by molar-refractivity contribution is -0.140. The molecule has 3 aliphatic rings. The van der Waals surface area contributed by atoms with E-state index in [9.17, 15) is 14.4 Å². The Morgan fingerprint density at radius 2 is 1.83 bits per heavy atom. The average molecular weight is 399 g/mol. The van der Waals surface area contributed by atoms with Gasteiger partial charge in [-0.25, -0.2) is 0 Å². The second-order valence-electron chi connectivity index (χ2n) is 8.41. The van der Waals surface area contributed by atoms with Crippen molar-refractivity contribution < 1.29 is 14.4 Å². The first-order chi connectivity index (χ1) is 14.0. The Balaban J connectivity index is 1.53. The maximum atomic E-state index is 13.5. The summed E-state index contributed by atoms with van der Waals surface area (Å²) in [5.41, 5.74) is 0.309. The van der Waals surface area contributed by atoms with E-state index in [2.05, 4.69) is 10.2 Å². The molecule has 1 saturated carbocycles. The molecular weight excluding hydrogens is 368 g/mol. The van der Waals surface area contributed by atoms with E-state index in [0.29, 0.717) is 39.0 Å². The molecule has 0 atom stereocenters. The molecule has 4 rings (SSSR count). The molecule has 156 valence electrons. The van der Waals surface area contributed by atoms with Gasteiger partial charge in [0, 0.05) is 31.2 Å². The van der Waals surface area contributed by atoms with Crippen molar-refractivity contribution in [3.05, 3.63) is 30.3 Å². The Hall–Kier alpha value is -2.57. The van der Waals surface area contributed by atoms with Gasteiger partial charge in [0.25, 0.3) is 5.91 Å². The quantitative estimate of drug-likeness (QED) is 0.792. The number of likely N-dealkylation sites (tertiary alicyclic amines) is 1. The number of hydrogen-bond donors (Lipinski definition) is 1. The first-order valence-electron chi connectivity index (χ1n) is 10.7. The molecular formula is C22H30N4O3. The molecule has 0 unspecified atom stereocenters. The van der Waals surface area contributed by atoms with E-state index < -0.39 is 5.54 Å². The van der Waals surface area contributed by atoms with Crippen molar-refractivity contribution >= 4 is 23.4 Å². The number of carbonyl (C=O) groups is 3. The number of rotatable bonds is 6. The second kappa shape index (κ2) is 8.05. The summed E-state index contributed by atoms with van der Waals surface area (Å²) in [4.78, 5) is 43.9. The molecule has 1 N–H and O–H groups in total. The van der Waals surface area contributed by atoms with Crippen LogP contribution in [0.5, 0.6) is 0 Å². The fourth-order valence-electron chi connectivity index (χ4n) is 4.49. The van der Waals surface area contributed by atoms with Crippen LogP contribution in [0.15, 0.2) is 30.3 Å². The molecule has 1 spiro atoms. The van der Waals surface area contributed by atoms with Crippen molar-refractivity contribution in [2.24, 2.45) is 0 Å². The highest BCUT2D eigenvalue weighted by Crippen LogP contribution is 2.39. The number of amides is 3. The van der Waals surface area contributed by atoms with Crippen LogP contribution in [0.2, 0.25) is 0 Å². The standard InChI is InChI=1S/C22H30N4O3/c1-2-6-20(28)24-13-11-22(12-14-24)21(29)25(15-19(27)23-17-9-10-17)16-26(22)18-7-4-3-5-8-18/h3-5,7-8,17H,2,6,9-16H2,1H3,(H,23,27). The zero-order valence-electron chi connectivity index (χ0n) is 17.1. The summed E-state index contributed by atoms with van der Waals surface area (Å²) in [5, 5.41) is 2.98. The number of nitrogens with one attached hydrogen (secondary N) is 1. The molecule has 7 heteroatoms. The van der Waals surface area contributed by atoms with Crippen LogP contribution >= 0.6 is 0 Å². The number of carbonyl (C=O) groups excluding carboxylic acids is 3. The molecule has 2 aliphatic heterocycles. The molecule has 0 aromatic heterocycles. The normalized spacial score (nSPS) is 21.0. The summed E-state index contributed by atoms with van der Waals surface area (Å²) >= 11 is 0. The van der Waals surface area contributed by atoms with Gasteiger partial charge in [0.2, 0.25) is 11.8 Å². The minimum Gasteiger partial charge on any atom is -0.352 e. The lowest BCUT2D eigenvalue weighted by Gasteiger charge is -2.43. The van der Waals surface area contributed by atoms with Gasteiger partial charge in [-0.05, 0) is 44.2 Å². The molecule has 2 saturated heterocycles. The smallest absolute Gasteiger partial charge is 0.250 e. The Morgan fingerprint density at radius 3 is 2.45 bits per heavy atom. The van der Waals surface area contributed by atoms with Gasteiger partial charge in [0.05, 0.1) is 6.67 Å². The van der Waals surface area contributed by atoms with Gasteiger partial charge in [-0.1, -0.05) is 25.1 Å². The summed E-state index contributed by atoms with van der Waals surface area (Å²) < 4.78 is 0. The maximum Gasteiger partial charge on any atom is 0.250 e.